The van der Waals surface area contributed by atoms with Gasteiger partial charge in [0.25, 0.3) is 0 Å². The second-order valence-electron chi connectivity index (χ2n) is 14.5. The van der Waals surface area contributed by atoms with Crippen LogP contribution in [0.1, 0.15) is 94.7 Å². The molecule has 5 fully saturated rings. The standard InChI is InChI=1S/C32H42O5/c1-5-20-6-7-22-21(14-20)15-29-12-13-31(36-18-27(2,3)19-37-31)17-30(29,34)11-10-24-23-8-9-26(33)28(23,4)16-25(22)32(24,29)35/h5-7,14,23-25,34-35H,1,8-13,15-19H2,2-4H3/t23-,24-,25?,28-,29+,30+,32-/m0/s1. The fourth-order valence-corrected chi connectivity index (χ4v) is 10.2. The lowest BCUT2D eigenvalue weighted by atomic mass is 9.35. The Morgan fingerprint density at radius 2 is 1.78 bits per heavy atom. The number of carbonyl (C=O) groups excluding carboxylic acids is 1. The highest BCUT2D eigenvalue weighted by atomic mass is 16.7. The van der Waals surface area contributed by atoms with Crippen LogP contribution in [-0.2, 0) is 20.7 Å². The first-order valence-corrected chi connectivity index (χ1v) is 14.4. The zero-order valence-electron chi connectivity index (χ0n) is 22.6. The molecule has 0 amide bonds. The van der Waals surface area contributed by atoms with Crippen molar-refractivity contribution in [2.24, 2.45) is 28.1 Å². The molecule has 0 radical (unpaired) electrons. The van der Waals surface area contributed by atoms with E-state index in [1.807, 2.05) is 6.08 Å². The molecule has 0 bridgehead atoms. The van der Waals surface area contributed by atoms with Gasteiger partial charge in [0.05, 0.1) is 24.4 Å². The second kappa shape index (κ2) is 7.35. The minimum Gasteiger partial charge on any atom is -0.389 e. The summed E-state index contributed by atoms with van der Waals surface area (Å²) in [6.07, 6.45) is 7.72. The van der Waals surface area contributed by atoms with Crippen molar-refractivity contribution in [2.45, 2.75) is 101 Å². The first kappa shape index (κ1) is 24.5. The van der Waals surface area contributed by atoms with Gasteiger partial charge in [0.1, 0.15) is 5.78 Å². The lowest BCUT2D eigenvalue weighted by molar-refractivity contribution is -0.377. The summed E-state index contributed by atoms with van der Waals surface area (Å²) in [7, 11) is 0. The van der Waals surface area contributed by atoms with E-state index in [0.717, 1.165) is 18.4 Å². The lowest BCUT2D eigenvalue weighted by Crippen LogP contribution is -2.78. The van der Waals surface area contributed by atoms with Crippen molar-refractivity contribution in [3.8, 4) is 0 Å². The average Bonchev–Trinajstić information content (AvgIpc) is 3.15. The Labute approximate surface area is 220 Å². The summed E-state index contributed by atoms with van der Waals surface area (Å²) < 4.78 is 12.8. The monoisotopic (exact) mass is 506 g/mol. The SMILES string of the molecule is C=Cc1ccc2c(c1)C[C@]13CCC4(C[C@]1(O)CC[C@H]1[C@@H]5CCC(=O)[C@@]5(C)CC2[C@@]13O)OCC(C)(C)CO4. The Morgan fingerprint density at radius 1 is 1.03 bits per heavy atom. The van der Waals surface area contributed by atoms with Gasteiger partial charge in [-0.1, -0.05) is 51.6 Å². The van der Waals surface area contributed by atoms with Crippen molar-refractivity contribution >= 4 is 11.9 Å². The molecule has 200 valence electrons. The molecule has 37 heavy (non-hydrogen) atoms. The molecule has 5 aliphatic carbocycles. The Hall–Kier alpha value is -1.53. The van der Waals surface area contributed by atoms with E-state index < -0.39 is 27.8 Å². The molecule has 5 heteroatoms. The van der Waals surface area contributed by atoms with Gasteiger partial charge in [-0.3, -0.25) is 4.79 Å². The Balaban J connectivity index is 1.39. The minimum absolute atomic E-state index is 0.0105. The average molecular weight is 507 g/mol. The molecule has 1 unspecified atom stereocenters. The number of ether oxygens (including phenoxy) is 2. The number of fused-ring (bicyclic) bond motifs is 4. The Morgan fingerprint density at radius 3 is 2.51 bits per heavy atom. The van der Waals surface area contributed by atoms with Gasteiger partial charge >= 0.3 is 0 Å². The minimum atomic E-state index is -1.10. The fourth-order valence-electron chi connectivity index (χ4n) is 10.2. The van der Waals surface area contributed by atoms with Crippen LogP contribution in [0.15, 0.2) is 24.8 Å². The summed E-state index contributed by atoms with van der Waals surface area (Å²) in [5.74, 6) is -0.411. The number of benzene rings is 1. The molecule has 1 saturated heterocycles. The van der Waals surface area contributed by atoms with E-state index in [-0.39, 0.29) is 23.2 Å². The number of aliphatic hydroxyl groups is 2. The van der Waals surface area contributed by atoms with Crippen LogP contribution >= 0.6 is 0 Å². The maximum atomic E-state index is 13.3. The highest BCUT2D eigenvalue weighted by Crippen LogP contribution is 2.75. The van der Waals surface area contributed by atoms with E-state index in [9.17, 15) is 15.0 Å². The molecule has 1 heterocycles. The van der Waals surface area contributed by atoms with Gasteiger partial charge in [-0.2, -0.15) is 0 Å². The van der Waals surface area contributed by atoms with Gasteiger partial charge in [0.2, 0.25) is 0 Å². The van der Waals surface area contributed by atoms with Crippen molar-refractivity contribution in [3.63, 3.8) is 0 Å². The third-order valence-electron chi connectivity index (χ3n) is 12.1. The summed E-state index contributed by atoms with van der Waals surface area (Å²) in [5, 5.41) is 26.0. The van der Waals surface area contributed by atoms with Gasteiger partial charge in [0, 0.05) is 41.4 Å². The molecule has 7 rings (SSSR count). The second-order valence-corrected chi connectivity index (χ2v) is 14.5. The van der Waals surface area contributed by atoms with Crippen LogP contribution in [0.5, 0.6) is 0 Å². The van der Waals surface area contributed by atoms with Crippen molar-refractivity contribution in [2.75, 3.05) is 13.2 Å². The quantitative estimate of drug-likeness (QED) is 0.550. The summed E-state index contributed by atoms with van der Waals surface area (Å²) >= 11 is 0. The summed E-state index contributed by atoms with van der Waals surface area (Å²) in [6, 6.07) is 6.45. The molecule has 4 saturated carbocycles. The Bertz CT molecular complexity index is 1180. The van der Waals surface area contributed by atoms with Crippen LogP contribution in [-0.4, -0.2) is 46.2 Å². The lowest BCUT2D eigenvalue weighted by Gasteiger charge is -2.73. The maximum absolute atomic E-state index is 13.3. The number of carbonyl (C=O) groups is 1. The van der Waals surface area contributed by atoms with Crippen molar-refractivity contribution in [3.05, 3.63) is 41.5 Å². The molecule has 2 N–H and O–H groups in total. The van der Waals surface area contributed by atoms with Crippen LogP contribution in [0.4, 0.5) is 0 Å². The zero-order valence-corrected chi connectivity index (χ0v) is 22.6. The number of hydrogen-bond acceptors (Lipinski definition) is 5. The van der Waals surface area contributed by atoms with Crippen molar-refractivity contribution < 1.29 is 24.5 Å². The third-order valence-corrected chi connectivity index (χ3v) is 12.1. The van der Waals surface area contributed by atoms with E-state index in [1.54, 1.807) is 0 Å². The smallest absolute Gasteiger partial charge is 0.171 e. The Kier molecular flexibility index (Phi) is 4.87. The van der Waals surface area contributed by atoms with E-state index in [4.69, 9.17) is 9.47 Å². The van der Waals surface area contributed by atoms with Gasteiger partial charge in [-0.05, 0) is 67.1 Å². The van der Waals surface area contributed by atoms with Crippen LogP contribution in [0.3, 0.4) is 0 Å². The zero-order chi connectivity index (χ0) is 26.1. The summed E-state index contributed by atoms with van der Waals surface area (Å²) in [6.45, 7) is 11.7. The first-order valence-electron chi connectivity index (χ1n) is 14.4. The van der Waals surface area contributed by atoms with Crippen LogP contribution < -0.4 is 0 Å². The van der Waals surface area contributed by atoms with Gasteiger partial charge in [0.15, 0.2) is 5.79 Å². The van der Waals surface area contributed by atoms with E-state index in [1.165, 1.54) is 11.1 Å². The molecule has 7 atom stereocenters. The number of Topliss-reactive ketones (excluding diaryl/α,β-unsaturated/α-hetero) is 1. The highest BCUT2D eigenvalue weighted by molar-refractivity contribution is 5.87. The van der Waals surface area contributed by atoms with Crippen molar-refractivity contribution in [1.29, 1.82) is 0 Å². The highest BCUT2D eigenvalue weighted by Gasteiger charge is 2.78. The fraction of sp³-hybridized carbons (Fsp3) is 0.719. The maximum Gasteiger partial charge on any atom is 0.171 e. The number of ketones is 1. The molecule has 1 aliphatic heterocycles. The van der Waals surface area contributed by atoms with Gasteiger partial charge in [-0.25, -0.2) is 0 Å². The third kappa shape index (κ3) is 2.92. The molecule has 6 aliphatic rings. The summed E-state index contributed by atoms with van der Waals surface area (Å²) in [5.41, 5.74) is 0.112. The van der Waals surface area contributed by atoms with Gasteiger partial charge in [-0.15, -0.1) is 0 Å². The molecular formula is C32H42O5. The molecule has 0 aromatic heterocycles. The largest absolute Gasteiger partial charge is 0.389 e. The molecule has 2 spiro atoms. The summed E-state index contributed by atoms with van der Waals surface area (Å²) in [4.78, 5) is 13.3. The van der Waals surface area contributed by atoms with Crippen LogP contribution in [0.2, 0.25) is 0 Å². The van der Waals surface area contributed by atoms with Gasteiger partial charge < -0.3 is 19.7 Å². The topological polar surface area (TPSA) is 76.0 Å². The van der Waals surface area contributed by atoms with Crippen LogP contribution in [0, 0.1) is 28.1 Å². The molecule has 1 aromatic rings. The van der Waals surface area contributed by atoms with Crippen LogP contribution in [0.25, 0.3) is 6.08 Å². The first-order chi connectivity index (χ1) is 17.4. The van der Waals surface area contributed by atoms with E-state index >= 15 is 0 Å². The predicted molar refractivity (Wildman–Crippen MR) is 141 cm³/mol. The number of rotatable bonds is 1. The molecule has 5 nitrogen and oxygen atoms in total. The molecule has 1 aromatic carbocycles. The van der Waals surface area contributed by atoms with E-state index in [0.29, 0.717) is 63.9 Å². The molecular weight excluding hydrogens is 464 g/mol. The predicted octanol–water partition coefficient (Wildman–Crippen LogP) is 5.17. The normalized spacial score (nSPS) is 46.9. The number of hydrogen-bond donors (Lipinski definition) is 2. The van der Waals surface area contributed by atoms with Crippen molar-refractivity contribution in [1.82, 2.24) is 0 Å². The van der Waals surface area contributed by atoms with E-state index in [2.05, 4.69) is 45.5 Å².